The fourth-order valence-electron chi connectivity index (χ4n) is 1.16. The van der Waals surface area contributed by atoms with Gasteiger partial charge in [-0.2, -0.15) is 0 Å². The van der Waals surface area contributed by atoms with Gasteiger partial charge in [-0.3, -0.25) is 4.98 Å². The molecule has 3 N–H and O–H groups in total. The summed E-state index contributed by atoms with van der Waals surface area (Å²) in [5.41, 5.74) is -0.876. The van der Waals surface area contributed by atoms with Gasteiger partial charge < -0.3 is 14.6 Å². The number of nitrogens with one attached hydrogen (secondary N) is 1. The van der Waals surface area contributed by atoms with E-state index in [1.54, 1.807) is 0 Å². The van der Waals surface area contributed by atoms with Crippen LogP contribution in [0.4, 0.5) is 0 Å². The van der Waals surface area contributed by atoms with Gasteiger partial charge >= 0.3 is 11.4 Å². The number of fused-ring (bicyclic) bond motifs is 1. The molecule has 0 aliphatic heterocycles. The lowest BCUT2D eigenvalue weighted by molar-refractivity contribution is 0.403. The molecule has 14 heavy (non-hydrogen) atoms. The lowest BCUT2D eigenvalue weighted by atomic mass is 10.2. The number of aromatic nitrogens is 1. The molecule has 0 saturated heterocycles. The first kappa shape index (κ1) is 8.36. The minimum absolute atomic E-state index is 0.113. The molecular formula is C8H5NO5. The molecule has 2 rings (SSSR count). The Labute approximate surface area is 76.0 Å². The molecule has 0 bridgehead atoms. The van der Waals surface area contributed by atoms with Crippen LogP contribution in [0.1, 0.15) is 0 Å². The van der Waals surface area contributed by atoms with Gasteiger partial charge in [0, 0.05) is 0 Å². The van der Waals surface area contributed by atoms with E-state index < -0.39 is 22.9 Å². The molecule has 6 nitrogen and oxygen atoms in total. The van der Waals surface area contributed by atoms with Crippen LogP contribution in [-0.2, 0) is 0 Å². The summed E-state index contributed by atoms with van der Waals surface area (Å²) in [6, 6.07) is 2.45. The second-order valence-corrected chi connectivity index (χ2v) is 2.66. The molecule has 72 valence electrons. The van der Waals surface area contributed by atoms with E-state index in [2.05, 4.69) is 9.40 Å². The van der Waals surface area contributed by atoms with Crippen LogP contribution in [0.2, 0.25) is 0 Å². The number of hydrogen-bond acceptors (Lipinski definition) is 5. The Hall–Kier alpha value is -2.24. The molecule has 0 spiro atoms. The van der Waals surface area contributed by atoms with E-state index in [-0.39, 0.29) is 10.9 Å². The molecule has 0 saturated carbocycles. The Morgan fingerprint density at radius 3 is 2.64 bits per heavy atom. The van der Waals surface area contributed by atoms with Crippen molar-refractivity contribution in [1.29, 1.82) is 0 Å². The number of benzene rings is 1. The van der Waals surface area contributed by atoms with Crippen LogP contribution >= 0.6 is 0 Å². The molecule has 2 aromatic rings. The number of aromatic amines is 1. The third-order valence-corrected chi connectivity index (χ3v) is 1.78. The van der Waals surface area contributed by atoms with E-state index in [1.807, 2.05) is 0 Å². The Bertz CT molecular complexity index is 609. The van der Waals surface area contributed by atoms with E-state index in [9.17, 15) is 14.7 Å². The summed E-state index contributed by atoms with van der Waals surface area (Å²) in [4.78, 5) is 24.1. The smallest absolute Gasteiger partial charge is 0.419 e. The zero-order chi connectivity index (χ0) is 10.3. The predicted octanol–water partition coefficient (Wildman–Crippen LogP) is -0.108. The second kappa shape index (κ2) is 2.63. The Morgan fingerprint density at radius 1 is 1.21 bits per heavy atom. The van der Waals surface area contributed by atoms with Gasteiger partial charge in [-0.15, -0.1) is 0 Å². The fourth-order valence-corrected chi connectivity index (χ4v) is 1.16. The average molecular weight is 195 g/mol. The van der Waals surface area contributed by atoms with Crippen LogP contribution in [0.3, 0.4) is 0 Å². The van der Waals surface area contributed by atoms with Gasteiger partial charge in [0.25, 0.3) is 0 Å². The van der Waals surface area contributed by atoms with Crippen molar-refractivity contribution in [2.75, 3.05) is 0 Å². The maximum Gasteiger partial charge on any atom is 0.419 e. The highest BCUT2D eigenvalue weighted by Crippen LogP contribution is 2.29. The molecule has 0 aliphatic rings. The molecule has 0 unspecified atom stereocenters. The highest BCUT2D eigenvalue weighted by Gasteiger charge is 2.10. The highest BCUT2D eigenvalue weighted by atomic mass is 16.4. The summed E-state index contributed by atoms with van der Waals surface area (Å²) >= 11 is 0. The van der Waals surface area contributed by atoms with E-state index in [1.165, 1.54) is 6.07 Å². The first-order chi connectivity index (χ1) is 6.59. The van der Waals surface area contributed by atoms with Gasteiger partial charge in [-0.1, -0.05) is 0 Å². The van der Waals surface area contributed by atoms with Gasteiger partial charge in [0.15, 0.2) is 11.5 Å². The SMILES string of the molecule is O=c1[nH]c2ccc(O)c(O)c2c(=O)o1. The molecule has 1 heterocycles. The van der Waals surface area contributed by atoms with Gasteiger partial charge in [0.05, 0.1) is 5.52 Å². The molecule has 0 fully saturated rings. The molecule has 0 aliphatic carbocycles. The highest BCUT2D eigenvalue weighted by molar-refractivity contribution is 5.85. The summed E-state index contributed by atoms with van der Waals surface area (Å²) in [5.74, 6) is -1.96. The van der Waals surface area contributed by atoms with Gasteiger partial charge in [0.1, 0.15) is 5.39 Å². The normalized spacial score (nSPS) is 10.6. The Kier molecular flexibility index (Phi) is 1.57. The van der Waals surface area contributed by atoms with Crippen LogP contribution < -0.4 is 11.4 Å². The predicted molar refractivity (Wildman–Crippen MR) is 46.4 cm³/mol. The minimum atomic E-state index is -0.989. The zero-order valence-electron chi connectivity index (χ0n) is 6.77. The second-order valence-electron chi connectivity index (χ2n) is 2.66. The first-order valence-corrected chi connectivity index (χ1v) is 3.67. The average Bonchev–Trinajstić information content (AvgIpc) is 2.10. The lowest BCUT2D eigenvalue weighted by Gasteiger charge is -1.99. The number of H-pyrrole nitrogens is 1. The lowest BCUT2D eigenvalue weighted by Crippen LogP contribution is -2.14. The zero-order valence-corrected chi connectivity index (χ0v) is 6.77. The van der Waals surface area contributed by atoms with Crippen molar-refractivity contribution < 1.29 is 14.6 Å². The van der Waals surface area contributed by atoms with Gasteiger partial charge in [-0.25, -0.2) is 9.59 Å². The van der Waals surface area contributed by atoms with E-state index >= 15 is 0 Å². The first-order valence-electron chi connectivity index (χ1n) is 3.67. The summed E-state index contributed by atoms with van der Waals surface area (Å²) in [5, 5.41) is 18.1. The van der Waals surface area contributed by atoms with Crippen LogP contribution in [0.25, 0.3) is 10.9 Å². The van der Waals surface area contributed by atoms with Crippen LogP contribution in [0, 0.1) is 0 Å². The van der Waals surface area contributed by atoms with Crippen molar-refractivity contribution in [2.45, 2.75) is 0 Å². The van der Waals surface area contributed by atoms with E-state index in [0.717, 1.165) is 6.07 Å². The van der Waals surface area contributed by atoms with Crippen molar-refractivity contribution in [2.24, 2.45) is 0 Å². The third kappa shape index (κ3) is 1.05. The molecule has 1 aromatic heterocycles. The maximum absolute atomic E-state index is 11.1. The van der Waals surface area contributed by atoms with Crippen molar-refractivity contribution >= 4 is 10.9 Å². The fraction of sp³-hybridized carbons (Fsp3) is 0. The largest absolute Gasteiger partial charge is 0.504 e. The molecule has 6 heteroatoms. The van der Waals surface area contributed by atoms with Crippen LogP contribution in [0.5, 0.6) is 11.5 Å². The minimum Gasteiger partial charge on any atom is -0.504 e. The molecule has 0 amide bonds. The van der Waals surface area contributed by atoms with Crippen molar-refractivity contribution in [3.8, 4) is 11.5 Å². The monoisotopic (exact) mass is 195 g/mol. The quantitative estimate of drug-likeness (QED) is 0.509. The number of aromatic hydroxyl groups is 2. The number of rotatable bonds is 0. The van der Waals surface area contributed by atoms with Gasteiger partial charge in [-0.05, 0) is 12.1 Å². The molecule has 0 atom stereocenters. The summed E-state index contributed by atoms with van der Waals surface area (Å²) in [7, 11) is 0. The summed E-state index contributed by atoms with van der Waals surface area (Å²) < 4.78 is 4.19. The summed E-state index contributed by atoms with van der Waals surface area (Å²) in [6.45, 7) is 0. The molecule has 0 radical (unpaired) electrons. The Morgan fingerprint density at radius 2 is 1.93 bits per heavy atom. The van der Waals surface area contributed by atoms with Gasteiger partial charge in [0.2, 0.25) is 0 Å². The molecular weight excluding hydrogens is 190 g/mol. The number of hydrogen-bond donors (Lipinski definition) is 3. The topological polar surface area (TPSA) is 104 Å². The van der Waals surface area contributed by atoms with Crippen molar-refractivity contribution in [1.82, 2.24) is 4.98 Å². The third-order valence-electron chi connectivity index (χ3n) is 1.78. The standard InChI is InChI=1S/C8H5NO5/c10-4-2-1-3-5(6(4)11)7(12)14-8(13)9-3/h1-2,10-11H,(H,9,13). The maximum atomic E-state index is 11.1. The van der Waals surface area contributed by atoms with Crippen molar-refractivity contribution in [3.63, 3.8) is 0 Å². The number of phenols is 2. The summed E-state index contributed by atoms with van der Waals surface area (Å²) in [6.07, 6.45) is 0. The van der Waals surface area contributed by atoms with E-state index in [0.29, 0.717) is 0 Å². The molecule has 1 aromatic carbocycles. The number of phenolic OH excluding ortho intramolecular Hbond substituents is 2. The van der Waals surface area contributed by atoms with Crippen LogP contribution in [-0.4, -0.2) is 15.2 Å². The van der Waals surface area contributed by atoms with E-state index in [4.69, 9.17) is 5.11 Å². The van der Waals surface area contributed by atoms with Crippen molar-refractivity contribution in [3.05, 3.63) is 33.1 Å². The van der Waals surface area contributed by atoms with Crippen LogP contribution in [0.15, 0.2) is 26.1 Å². The Balaban J connectivity index is 3.11.